The molecule has 0 aromatic heterocycles. The molecule has 1 atom stereocenters. The summed E-state index contributed by atoms with van der Waals surface area (Å²) in [4.78, 5) is 10.6. The zero-order chi connectivity index (χ0) is 8.91. The van der Waals surface area contributed by atoms with Crippen LogP contribution in [-0.4, -0.2) is 18.9 Å². The average molecular weight is 155 g/mol. The maximum absolute atomic E-state index is 10.6. The van der Waals surface area contributed by atoms with Gasteiger partial charge in [-0.2, -0.15) is 0 Å². The summed E-state index contributed by atoms with van der Waals surface area (Å²) in [6, 6.07) is -0.0829. The molecule has 0 fully saturated rings. The van der Waals surface area contributed by atoms with Crippen molar-refractivity contribution in [3.8, 4) is 0 Å². The van der Waals surface area contributed by atoms with Gasteiger partial charge in [0.25, 0.3) is 0 Å². The minimum Gasteiger partial charge on any atom is -0.304 e. The maximum Gasteiger partial charge on any atom is 0.137 e. The Morgan fingerprint density at radius 1 is 1.55 bits per heavy atom. The van der Waals surface area contributed by atoms with Crippen LogP contribution in [0.4, 0.5) is 0 Å². The second-order valence-electron chi connectivity index (χ2n) is 3.68. The van der Waals surface area contributed by atoms with E-state index in [0.29, 0.717) is 6.54 Å². The first-order valence-electron chi connectivity index (χ1n) is 3.82. The van der Waals surface area contributed by atoms with Gasteiger partial charge in [0.05, 0.1) is 6.04 Å². The van der Waals surface area contributed by atoms with E-state index < -0.39 is 0 Å². The normalized spacial score (nSPS) is 14.1. The first-order chi connectivity index (χ1) is 5.02. The molecule has 2 heteroatoms. The van der Waals surface area contributed by atoms with E-state index in [4.69, 9.17) is 0 Å². The quantitative estimate of drug-likeness (QED) is 0.491. The second-order valence-corrected chi connectivity index (χ2v) is 3.68. The molecule has 0 rings (SSSR count). The largest absolute Gasteiger partial charge is 0.304 e. The number of hydrogen-bond donors (Lipinski definition) is 1. The van der Waals surface area contributed by atoms with E-state index in [1.165, 1.54) is 0 Å². The van der Waals surface area contributed by atoms with Gasteiger partial charge in [0.15, 0.2) is 0 Å². The van der Waals surface area contributed by atoms with Gasteiger partial charge in [-0.3, -0.25) is 0 Å². The molecule has 0 aliphatic heterocycles. The van der Waals surface area contributed by atoms with E-state index >= 15 is 0 Å². The molecule has 1 N–H and O–H groups in total. The predicted octanol–water partition coefficient (Wildman–Crippen LogP) is 1.38. The van der Waals surface area contributed by atoms with Gasteiger partial charge in [-0.15, -0.1) is 6.58 Å². The molecule has 0 aromatic carbocycles. The van der Waals surface area contributed by atoms with Crippen molar-refractivity contribution in [2.45, 2.75) is 26.8 Å². The molecule has 0 radical (unpaired) electrons. The first-order valence-corrected chi connectivity index (χ1v) is 3.82. The summed E-state index contributed by atoms with van der Waals surface area (Å²) in [5.74, 6) is 0. The Labute approximate surface area is 68.7 Å². The summed E-state index contributed by atoms with van der Waals surface area (Å²) in [5.41, 5.74) is -0.00917. The van der Waals surface area contributed by atoms with Crippen molar-refractivity contribution in [2.24, 2.45) is 5.41 Å². The number of carbonyl (C=O) groups is 1. The van der Waals surface area contributed by atoms with Crippen LogP contribution >= 0.6 is 0 Å². The van der Waals surface area contributed by atoms with Crippen LogP contribution in [0, 0.1) is 5.41 Å². The summed E-state index contributed by atoms with van der Waals surface area (Å²) in [6.45, 7) is 10.3. The molecule has 0 aromatic rings. The summed E-state index contributed by atoms with van der Waals surface area (Å²) in [7, 11) is 0. The fourth-order valence-electron chi connectivity index (χ4n) is 0.769. The Morgan fingerprint density at radius 3 is 2.36 bits per heavy atom. The zero-order valence-electron chi connectivity index (χ0n) is 7.55. The number of nitrogens with one attached hydrogen (secondary N) is 1. The van der Waals surface area contributed by atoms with Gasteiger partial charge in [-0.25, -0.2) is 0 Å². The average Bonchev–Trinajstić information content (AvgIpc) is 1.87. The van der Waals surface area contributed by atoms with E-state index in [0.717, 1.165) is 6.29 Å². The summed E-state index contributed by atoms with van der Waals surface area (Å²) in [5, 5.41) is 3.07. The molecule has 2 nitrogen and oxygen atoms in total. The molecule has 0 bridgehead atoms. The number of hydrogen-bond acceptors (Lipinski definition) is 2. The van der Waals surface area contributed by atoms with Gasteiger partial charge in [-0.1, -0.05) is 26.8 Å². The third-order valence-electron chi connectivity index (χ3n) is 1.55. The zero-order valence-corrected chi connectivity index (χ0v) is 7.55. The molecule has 0 aliphatic rings. The SMILES string of the molecule is C=CCNC(C=O)C(C)(C)C. The highest BCUT2D eigenvalue weighted by Gasteiger charge is 2.22. The molecular formula is C9H17NO. The minimum atomic E-state index is -0.0829. The topological polar surface area (TPSA) is 29.1 Å². The predicted molar refractivity (Wildman–Crippen MR) is 47.5 cm³/mol. The van der Waals surface area contributed by atoms with Gasteiger partial charge in [-0.05, 0) is 5.41 Å². The van der Waals surface area contributed by atoms with E-state index in [1.807, 2.05) is 20.8 Å². The van der Waals surface area contributed by atoms with Gasteiger partial charge >= 0.3 is 0 Å². The van der Waals surface area contributed by atoms with Gasteiger partial charge < -0.3 is 10.1 Å². The summed E-state index contributed by atoms with van der Waals surface area (Å²) >= 11 is 0. The molecule has 11 heavy (non-hydrogen) atoms. The monoisotopic (exact) mass is 155 g/mol. The van der Waals surface area contributed by atoms with Gasteiger partial charge in [0.1, 0.15) is 6.29 Å². The molecule has 0 saturated heterocycles. The van der Waals surface area contributed by atoms with E-state index in [1.54, 1.807) is 6.08 Å². The maximum atomic E-state index is 10.6. The highest BCUT2D eigenvalue weighted by atomic mass is 16.1. The van der Waals surface area contributed by atoms with Gasteiger partial charge in [0, 0.05) is 6.54 Å². The second kappa shape index (κ2) is 4.29. The van der Waals surface area contributed by atoms with Crippen LogP contribution in [0.2, 0.25) is 0 Å². The van der Waals surface area contributed by atoms with Crippen LogP contribution in [0.3, 0.4) is 0 Å². The third kappa shape index (κ3) is 3.94. The lowest BCUT2D eigenvalue weighted by molar-refractivity contribution is -0.111. The van der Waals surface area contributed by atoms with Crippen molar-refractivity contribution < 1.29 is 4.79 Å². The lowest BCUT2D eigenvalue weighted by atomic mass is 9.88. The van der Waals surface area contributed by atoms with Gasteiger partial charge in [0.2, 0.25) is 0 Å². The number of carbonyl (C=O) groups excluding carboxylic acids is 1. The number of rotatable bonds is 4. The van der Waals surface area contributed by atoms with Crippen molar-refractivity contribution >= 4 is 6.29 Å². The molecular weight excluding hydrogens is 138 g/mol. The van der Waals surface area contributed by atoms with Crippen LogP contribution in [-0.2, 0) is 4.79 Å². The fraction of sp³-hybridized carbons (Fsp3) is 0.667. The smallest absolute Gasteiger partial charge is 0.137 e. The fourth-order valence-corrected chi connectivity index (χ4v) is 0.769. The highest BCUT2D eigenvalue weighted by Crippen LogP contribution is 2.17. The molecule has 0 heterocycles. The van der Waals surface area contributed by atoms with E-state index in [-0.39, 0.29) is 11.5 Å². The van der Waals surface area contributed by atoms with Crippen molar-refractivity contribution in [1.82, 2.24) is 5.32 Å². The van der Waals surface area contributed by atoms with Crippen LogP contribution in [0.25, 0.3) is 0 Å². The van der Waals surface area contributed by atoms with E-state index in [9.17, 15) is 4.79 Å². The van der Waals surface area contributed by atoms with Crippen LogP contribution in [0.1, 0.15) is 20.8 Å². The Bertz CT molecular complexity index is 135. The Balaban J connectivity index is 3.95. The molecule has 0 amide bonds. The molecule has 0 aliphatic carbocycles. The van der Waals surface area contributed by atoms with Crippen molar-refractivity contribution in [1.29, 1.82) is 0 Å². The highest BCUT2D eigenvalue weighted by molar-refractivity contribution is 5.58. The van der Waals surface area contributed by atoms with Crippen LogP contribution in [0.5, 0.6) is 0 Å². The standard InChI is InChI=1S/C9H17NO/c1-5-6-10-8(7-11)9(2,3)4/h5,7-8,10H,1,6H2,2-4H3. The Kier molecular flexibility index (Phi) is 4.04. The first kappa shape index (κ1) is 10.4. The Hall–Kier alpha value is -0.630. The minimum absolute atomic E-state index is 0.00917. The van der Waals surface area contributed by atoms with Crippen LogP contribution in [0.15, 0.2) is 12.7 Å². The van der Waals surface area contributed by atoms with Crippen molar-refractivity contribution in [3.05, 3.63) is 12.7 Å². The van der Waals surface area contributed by atoms with Crippen molar-refractivity contribution in [3.63, 3.8) is 0 Å². The van der Waals surface area contributed by atoms with Crippen molar-refractivity contribution in [2.75, 3.05) is 6.54 Å². The lowest BCUT2D eigenvalue weighted by Crippen LogP contribution is -2.41. The summed E-state index contributed by atoms with van der Waals surface area (Å²) < 4.78 is 0. The summed E-state index contributed by atoms with van der Waals surface area (Å²) in [6.07, 6.45) is 2.70. The van der Waals surface area contributed by atoms with Crippen LogP contribution < -0.4 is 5.32 Å². The third-order valence-corrected chi connectivity index (χ3v) is 1.55. The molecule has 1 unspecified atom stereocenters. The Morgan fingerprint density at radius 2 is 2.09 bits per heavy atom. The molecule has 64 valence electrons. The molecule has 0 saturated carbocycles. The number of aldehydes is 1. The van der Waals surface area contributed by atoms with E-state index in [2.05, 4.69) is 11.9 Å². The lowest BCUT2D eigenvalue weighted by Gasteiger charge is -2.26. The molecule has 0 spiro atoms.